The van der Waals surface area contributed by atoms with Gasteiger partial charge in [0.15, 0.2) is 11.6 Å². The number of ether oxygens (including phenoxy) is 2. The number of aliphatic hydroxyl groups is 1. The van der Waals surface area contributed by atoms with Crippen LogP contribution in [-0.2, 0) is 4.79 Å². The number of pyridine rings is 2. The summed E-state index contributed by atoms with van der Waals surface area (Å²) in [5.41, 5.74) is 0.119. The maximum atomic E-state index is 13.1. The molecule has 2 aromatic heterocycles. The Bertz CT molecular complexity index is 1330. The van der Waals surface area contributed by atoms with Crippen LogP contribution < -0.4 is 19.7 Å². The number of carbonyl (C=O) groups excluding carboxylic acids is 2. The van der Waals surface area contributed by atoms with Crippen LogP contribution in [0.4, 0.5) is 5.82 Å². The van der Waals surface area contributed by atoms with Crippen molar-refractivity contribution in [1.82, 2.24) is 15.3 Å². The molecule has 3 aromatic rings. The number of para-hydroxylation sites is 1. The van der Waals surface area contributed by atoms with E-state index in [0.29, 0.717) is 28.6 Å². The second kappa shape index (κ2) is 10.5. The molecule has 2 amide bonds. The number of carbonyl (C=O) groups is 2. The molecule has 0 unspecified atom stereocenters. The standard InChI is InChI=1S/C27H26N4O5/c1-27(2,17-32)11-9-18-13-23-24(29-15-18)31(3)26(34)22(16-35-23)30-25(33)21-14-20(10-12-28-21)36-19-7-5-4-6-8-19/h4-8,10,12-15,22,32H,16-17H2,1-3H3,(H,30,33)/t22-/m0/s1. The molecule has 9 nitrogen and oxygen atoms in total. The SMILES string of the molecule is CN1C(=O)[C@@H](NC(=O)c2cc(Oc3ccccc3)ccn2)COc2cc(C#CC(C)(C)CO)cnc21. The van der Waals surface area contributed by atoms with Crippen molar-refractivity contribution in [3.8, 4) is 29.1 Å². The van der Waals surface area contributed by atoms with Gasteiger partial charge in [0.05, 0.1) is 6.61 Å². The zero-order valence-corrected chi connectivity index (χ0v) is 20.2. The zero-order valence-electron chi connectivity index (χ0n) is 20.2. The minimum absolute atomic E-state index is 0.0797. The maximum absolute atomic E-state index is 13.1. The first-order valence-corrected chi connectivity index (χ1v) is 11.3. The first kappa shape index (κ1) is 24.7. The third-order valence-electron chi connectivity index (χ3n) is 5.37. The lowest BCUT2D eigenvalue weighted by Gasteiger charge is -2.19. The lowest BCUT2D eigenvalue weighted by atomic mass is 9.95. The predicted octanol–water partition coefficient (Wildman–Crippen LogP) is 2.79. The number of likely N-dealkylation sites (N-methyl/N-ethyl adjacent to an activating group) is 1. The Balaban J connectivity index is 1.48. The summed E-state index contributed by atoms with van der Waals surface area (Å²) in [4.78, 5) is 35.7. The molecule has 0 fully saturated rings. The molecule has 0 bridgehead atoms. The number of amides is 2. The number of nitrogens with zero attached hydrogens (tertiary/aromatic N) is 3. The second-order valence-electron chi connectivity index (χ2n) is 8.86. The Morgan fingerprint density at radius 3 is 2.75 bits per heavy atom. The van der Waals surface area contributed by atoms with Crippen LogP contribution in [0.2, 0.25) is 0 Å². The molecule has 1 aliphatic rings. The first-order valence-electron chi connectivity index (χ1n) is 11.3. The molecule has 3 heterocycles. The van der Waals surface area contributed by atoms with Crippen molar-refractivity contribution in [2.45, 2.75) is 19.9 Å². The van der Waals surface area contributed by atoms with Crippen LogP contribution in [0.15, 0.2) is 60.9 Å². The molecule has 0 saturated carbocycles. The molecule has 0 radical (unpaired) electrons. The Morgan fingerprint density at radius 1 is 1.22 bits per heavy atom. The number of fused-ring (bicyclic) bond motifs is 1. The van der Waals surface area contributed by atoms with Gasteiger partial charge in [0.2, 0.25) is 0 Å². The molecule has 1 aliphatic heterocycles. The van der Waals surface area contributed by atoms with Crippen LogP contribution in [0.25, 0.3) is 0 Å². The summed E-state index contributed by atoms with van der Waals surface area (Å²) in [6.07, 6.45) is 3.00. The van der Waals surface area contributed by atoms with Gasteiger partial charge in [0.1, 0.15) is 29.8 Å². The average Bonchev–Trinajstić information content (AvgIpc) is 3.00. The second-order valence-corrected chi connectivity index (χ2v) is 8.86. The number of aliphatic hydroxyl groups excluding tert-OH is 1. The molecule has 2 N–H and O–H groups in total. The van der Waals surface area contributed by atoms with Gasteiger partial charge in [-0.05, 0) is 32.0 Å². The highest BCUT2D eigenvalue weighted by atomic mass is 16.5. The third kappa shape index (κ3) is 5.79. The maximum Gasteiger partial charge on any atom is 0.270 e. The van der Waals surface area contributed by atoms with Crippen molar-refractivity contribution in [2.24, 2.45) is 5.41 Å². The summed E-state index contributed by atoms with van der Waals surface area (Å²) in [7, 11) is 1.56. The Hall–Kier alpha value is -4.42. The van der Waals surface area contributed by atoms with E-state index in [1.807, 2.05) is 32.0 Å². The van der Waals surface area contributed by atoms with Crippen molar-refractivity contribution in [1.29, 1.82) is 0 Å². The molecule has 36 heavy (non-hydrogen) atoms. The molecule has 9 heteroatoms. The van der Waals surface area contributed by atoms with E-state index in [4.69, 9.17) is 9.47 Å². The van der Waals surface area contributed by atoms with E-state index >= 15 is 0 Å². The van der Waals surface area contributed by atoms with E-state index < -0.39 is 17.4 Å². The van der Waals surface area contributed by atoms with Crippen LogP contribution in [0.3, 0.4) is 0 Å². The van der Waals surface area contributed by atoms with Crippen LogP contribution in [0, 0.1) is 17.3 Å². The highest BCUT2D eigenvalue weighted by Crippen LogP contribution is 2.29. The van der Waals surface area contributed by atoms with Crippen LogP contribution >= 0.6 is 0 Å². The lowest BCUT2D eigenvalue weighted by Crippen LogP contribution is -2.49. The smallest absolute Gasteiger partial charge is 0.270 e. The lowest BCUT2D eigenvalue weighted by molar-refractivity contribution is -0.120. The fourth-order valence-electron chi connectivity index (χ4n) is 3.29. The molecular formula is C27H26N4O5. The number of rotatable bonds is 5. The highest BCUT2D eigenvalue weighted by Gasteiger charge is 2.32. The Kier molecular flexibility index (Phi) is 7.17. The topological polar surface area (TPSA) is 114 Å². The summed E-state index contributed by atoms with van der Waals surface area (Å²) in [6, 6.07) is 13.0. The first-order chi connectivity index (χ1) is 17.3. The Morgan fingerprint density at radius 2 is 2.00 bits per heavy atom. The summed E-state index contributed by atoms with van der Waals surface area (Å²) in [6.45, 7) is 3.48. The van der Waals surface area contributed by atoms with Crippen molar-refractivity contribution in [3.63, 3.8) is 0 Å². The van der Waals surface area contributed by atoms with Gasteiger partial charge in [-0.2, -0.15) is 0 Å². The molecule has 184 valence electrons. The molecule has 1 aromatic carbocycles. The van der Waals surface area contributed by atoms with Gasteiger partial charge >= 0.3 is 0 Å². The molecule has 4 rings (SSSR count). The van der Waals surface area contributed by atoms with Gasteiger partial charge in [-0.1, -0.05) is 30.0 Å². The van der Waals surface area contributed by atoms with E-state index in [-0.39, 0.29) is 24.8 Å². The monoisotopic (exact) mass is 486 g/mol. The van der Waals surface area contributed by atoms with Gasteiger partial charge in [0.25, 0.3) is 11.8 Å². The van der Waals surface area contributed by atoms with Crippen molar-refractivity contribution >= 4 is 17.6 Å². The van der Waals surface area contributed by atoms with Gasteiger partial charge in [0, 0.05) is 42.6 Å². The number of hydrogen-bond donors (Lipinski definition) is 2. The molecule has 1 atom stereocenters. The fraction of sp³-hybridized carbons (Fsp3) is 0.259. The van der Waals surface area contributed by atoms with Crippen LogP contribution in [0.5, 0.6) is 17.2 Å². The number of aromatic nitrogens is 2. The molecule has 0 spiro atoms. The number of nitrogens with one attached hydrogen (secondary N) is 1. The van der Waals surface area contributed by atoms with E-state index in [0.717, 1.165) is 0 Å². The average molecular weight is 487 g/mol. The summed E-state index contributed by atoms with van der Waals surface area (Å²) >= 11 is 0. The number of benzene rings is 1. The zero-order chi connectivity index (χ0) is 25.7. The van der Waals surface area contributed by atoms with Crippen molar-refractivity contribution in [3.05, 3.63) is 72.2 Å². The van der Waals surface area contributed by atoms with E-state index in [2.05, 4.69) is 27.1 Å². The Labute approximate surface area is 209 Å². The molecule has 0 aliphatic carbocycles. The van der Waals surface area contributed by atoms with Gasteiger partial charge in [-0.3, -0.25) is 19.5 Å². The normalized spacial score (nSPS) is 15.1. The van der Waals surface area contributed by atoms with Crippen LogP contribution in [-0.4, -0.2) is 53.2 Å². The largest absolute Gasteiger partial charge is 0.487 e. The van der Waals surface area contributed by atoms with E-state index in [9.17, 15) is 14.7 Å². The summed E-state index contributed by atoms with van der Waals surface area (Å²) in [5, 5.41) is 12.1. The van der Waals surface area contributed by atoms with E-state index in [1.165, 1.54) is 23.4 Å². The van der Waals surface area contributed by atoms with Crippen molar-refractivity contribution < 1.29 is 24.2 Å². The quantitative estimate of drug-likeness (QED) is 0.533. The summed E-state index contributed by atoms with van der Waals surface area (Å²) < 4.78 is 11.6. The third-order valence-corrected chi connectivity index (χ3v) is 5.37. The minimum Gasteiger partial charge on any atom is -0.487 e. The number of hydrogen-bond acceptors (Lipinski definition) is 7. The van der Waals surface area contributed by atoms with E-state index in [1.54, 1.807) is 31.3 Å². The minimum atomic E-state index is -0.958. The van der Waals surface area contributed by atoms with Gasteiger partial charge in [-0.25, -0.2) is 4.98 Å². The van der Waals surface area contributed by atoms with Gasteiger partial charge < -0.3 is 19.9 Å². The fourth-order valence-corrected chi connectivity index (χ4v) is 3.29. The van der Waals surface area contributed by atoms with Crippen molar-refractivity contribution in [2.75, 3.05) is 25.2 Å². The molecule has 0 saturated heterocycles. The highest BCUT2D eigenvalue weighted by molar-refractivity contribution is 6.02. The predicted molar refractivity (Wildman–Crippen MR) is 133 cm³/mol. The van der Waals surface area contributed by atoms with Gasteiger partial charge in [-0.15, -0.1) is 0 Å². The van der Waals surface area contributed by atoms with Crippen LogP contribution in [0.1, 0.15) is 29.9 Å². The summed E-state index contributed by atoms with van der Waals surface area (Å²) in [5.74, 6) is 6.79. The molecular weight excluding hydrogens is 460 g/mol. The number of anilines is 1.